The Morgan fingerprint density at radius 2 is 2.21 bits per heavy atom. The van der Waals surface area contributed by atoms with E-state index in [2.05, 4.69) is 36.7 Å². The minimum atomic E-state index is 0.585. The van der Waals surface area contributed by atoms with Gasteiger partial charge in [0.2, 0.25) is 0 Å². The first-order valence-corrected chi connectivity index (χ1v) is 7.84. The second-order valence-electron chi connectivity index (χ2n) is 5.08. The molecule has 2 aromatic rings. The second kappa shape index (κ2) is 5.29. The molecule has 100 valence electrons. The number of hydrogen-bond acceptors (Lipinski definition) is 4. The summed E-state index contributed by atoms with van der Waals surface area (Å²) in [6, 6.07) is 4.22. The van der Waals surface area contributed by atoms with Gasteiger partial charge in [-0.2, -0.15) is 0 Å². The molecule has 0 unspecified atom stereocenters. The average Bonchev–Trinajstić information content (AvgIpc) is 3.13. The molecule has 4 heteroatoms. The van der Waals surface area contributed by atoms with Crippen molar-refractivity contribution in [1.29, 1.82) is 0 Å². The first kappa shape index (κ1) is 12.6. The van der Waals surface area contributed by atoms with Gasteiger partial charge in [-0.25, -0.2) is 9.97 Å². The van der Waals surface area contributed by atoms with Crippen molar-refractivity contribution in [1.82, 2.24) is 9.97 Å². The Balaban J connectivity index is 2.03. The predicted octanol–water partition coefficient (Wildman–Crippen LogP) is 4.21. The number of nitrogens with zero attached hydrogens (tertiary/aromatic N) is 2. The minimum Gasteiger partial charge on any atom is -0.370 e. The van der Waals surface area contributed by atoms with E-state index >= 15 is 0 Å². The van der Waals surface area contributed by atoms with Crippen molar-refractivity contribution in [3.63, 3.8) is 0 Å². The molecule has 3 nitrogen and oxygen atoms in total. The van der Waals surface area contributed by atoms with Gasteiger partial charge in [0.25, 0.3) is 0 Å². The van der Waals surface area contributed by atoms with Crippen LogP contribution in [0.1, 0.15) is 43.5 Å². The molecule has 0 atom stereocenters. The topological polar surface area (TPSA) is 37.8 Å². The Bertz CT molecular complexity index is 559. The molecule has 19 heavy (non-hydrogen) atoms. The molecule has 0 aliphatic heterocycles. The predicted molar refractivity (Wildman–Crippen MR) is 80.8 cm³/mol. The molecule has 1 fully saturated rings. The van der Waals surface area contributed by atoms with E-state index in [0.717, 1.165) is 30.3 Å². The van der Waals surface area contributed by atoms with Crippen molar-refractivity contribution in [2.45, 2.75) is 39.0 Å². The number of thiophene rings is 1. The van der Waals surface area contributed by atoms with Crippen LogP contribution in [0, 0.1) is 6.92 Å². The third kappa shape index (κ3) is 2.63. The minimum absolute atomic E-state index is 0.585. The highest BCUT2D eigenvalue weighted by Crippen LogP contribution is 2.40. The number of nitrogens with one attached hydrogen (secondary N) is 1. The lowest BCUT2D eigenvalue weighted by Crippen LogP contribution is -2.08. The lowest BCUT2D eigenvalue weighted by molar-refractivity contribution is 0.903. The van der Waals surface area contributed by atoms with Crippen molar-refractivity contribution >= 4 is 17.2 Å². The van der Waals surface area contributed by atoms with E-state index in [1.165, 1.54) is 23.3 Å². The molecule has 2 aromatic heterocycles. The fraction of sp³-hybridized carbons (Fsp3) is 0.467. The molecule has 0 spiro atoms. The fourth-order valence-electron chi connectivity index (χ4n) is 2.13. The van der Waals surface area contributed by atoms with Crippen LogP contribution in [-0.2, 0) is 0 Å². The normalized spacial score (nSPS) is 14.6. The lowest BCUT2D eigenvalue weighted by Gasteiger charge is -2.12. The first-order valence-electron chi connectivity index (χ1n) is 6.96. The van der Waals surface area contributed by atoms with E-state index in [9.17, 15) is 0 Å². The maximum absolute atomic E-state index is 4.80. The molecule has 0 bridgehead atoms. The van der Waals surface area contributed by atoms with Crippen LogP contribution in [0.5, 0.6) is 0 Å². The Morgan fingerprint density at radius 3 is 2.84 bits per heavy atom. The summed E-state index contributed by atoms with van der Waals surface area (Å²) in [7, 11) is 0. The van der Waals surface area contributed by atoms with E-state index in [-0.39, 0.29) is 0 Å². The largest absolute Gasteiger partial charge is 0.370 e. The third-order valence-electron chi connectivity index (χ3n) is 3.40. The van der Waals surface area contributed by atoms with Crippen molar-refractivity contribution in [2.75, 3.05) is 11.9 Å². The van der Waals surface area contributed by atoms with E-state index in [4.69, 9.17) is 9.97 Å². The van der Waals surface area contributed by atoms with Crippen LogP contribution in [0.15, 0.2) is 17.5 Å². The van der Waals surface area contributed by atoms with Gasteiger partial charge in [0.1, 0.15) is 11.6 Å². The Kier molecular flexibility index (Phi) is 3.51. The van der Waals surface area contributed by atoms with Gasteiger partial charge < -0.3 is 5.32 Å². The van der Waals surface area contributed by atoms with Crippen molar-refractivity contribution in [3.8, 4) is 10.6 Å². The van der Waals surface area contributed by atoms with Crippen molar-refractivity contribution in [3.05, 3.63) is 28.9 Å². The summed E-state index contributed by atoms with van der Waals surface area (Å²) in [6.07, 6.45) is 3.58. The maximum atomic E-state index is 4.80. The summed E-state index contributed by atoms with van der Waals surface area (Å²) in [4.78, 5) is 10.8. The van der Waals surface area contributed by atoms with E-state index in [0.29, 0.717) is 5.92 Å². The molecule has 1 aliphatic carbocycles. The van der Waals surface area contributed by atoms with Gasteiger partial charge in [-0.15, -0.1) is 11.3 Å². The highest BCUT2D eigenvalue weighted by molar-refractivity contribution is 7.13. The summed E-state index contributed by atoms with van der Waals surface area (Å²) in [5, 5.41) is 5.55. The van der Waals surface area contributed by atoms with Crippen LogP contribution in [0.25, 0.3) is 10.6 Å². The standard InChI is InChI=1S/C15H19N3S/c1-3-8-16-14-10(2)13(12-5-4-9-19-12)17-15(18-14)11-6-7-11/h4-5,9,11H,3,6-8H2,1-2H3,(H,16,17,18). The van der Waals surface area contributed by atoms with Crippen LogP contribution in [0.2, 0.25) is 0 Å². The molecule has 0 radical (unpaired) electrons. The molecule has 1 saturated carbocycles. The van der Waals surface area contributed by atoms with E-state index in [1.54, 1.807) is 11.3 Å². The molecule has 0 saturated heterocycles. The monoisotopic (exact) mass is 273 g/mol. The Labute approximate surface area is 118 Å². The number of rotatable bonds is 5. The third-order valence-corrected chi connectivity index (χ3v) is 4.28. The van der Waals surface area contributed by atoms with Gasteiger partial charge in [-0.1, -0.05) is 13.0 Å². The number of aromatic nitrogens is 2. The van der Waals surface area contributed by atoms with Crippen molar-refractivity contribution in [2.24, 2.45) is 0 Å². The summed E-state index contributed by atoms with van der Waals surface area (Å²) >= 11 is 1.75. The van der Waals surface area contributed by atoms with Crippen LogP contribution >= 0.6 is 11.3 Å². The zero-order valence-electron chi connectivity index (χ0n) is 11.4. The van der Waals surface area contributed by atoms with E-state index < -0.39 is 0 Å². The Morgan fingerprint density at radius 1 is 1.37 bits per heavy atom. The SMILES string of the molecule is CCCNc1nc(C2CC2)nc(-c2cccs2)c1C. The molecule has 1 aliphatic rings. The molecule has 0 amide bonds. The summed E-state index contributed by atoms with van der Waals surface area (Å²) < 4.78 is 0. The number of anilines is 1. The van der Waals surface area contributed by atoms with Crippen LogP contribution in [0.3, 0.4) is 0 Å². The van der Waals surface area contributed by atoms with Gasteiger partial charge in [-0.05, 0) is 37.6 Å². The quantitative estimate of drug-likeness (QED) is 0.886. The molecule has 0 aromatic carbocycles. The zero-order valence-corrected chi connectivity index (χ0v) is 12.3. The molecule has 3 rings (SSSR count). The Hall–Kier alpha value is -1.42. The molecule has 2 heterocycles. The van der Waals surface area contributed by atoms with Crippen LogP contribution in [-0.4, -0.2) is 16.5 Å². The summed E-state index contributed by atoms with van der Waals surface area (Å²) in [6.45, 7) is 5.25. The summed E-state index contributed by atoms with van der Waals surface area (Å²) in [5.41, 5.74) is 2.27. The van der Waals surface area contributed by atoms with E-state index in [1.807, 2.05) is 0 Å². The molecule has 1 N–H and O–H groups in total. The van der Waals surface area contributed by atoms with Gasteiger partial charge in [0, 0.05) is 18.0 Å². The summed E-state index contributed by atoms with van der Waals surface area (Å²) in [5.74, 6) is 2.62. The molecular weight excluding hydrogens is 254 g/mol. The van der Waals surface area contributed by atoms with Gasteiger partial charge in [-0.3, -0.25) is 0 Å². The molecular formula is C15H19N3S. The maximum Gasteiger partial charge on any atom is 0.134 e. The zero-order chi connectivity index (χ0) is 13.2. The van der Waals surface area contributed by atoms with Gasteiger partial charge >= 0.3 is 0 Å². The highest BCUT2D eigenvalue weighted by Gasteiger charge is 2.28. The van der Waals surface area contributed by atoms with Crippen LogP contribution < -0.4 is 5.32 Å². The number of hydrogen-bond donors (Lipinski definition) is 1. The lowest BCUT2D eigenvalue weighted by atomic mass is 10.2. The smallest absolute Gasteiger partial charge is 0.134 e. The second-order valence-corrected chi connectivity index (χ2v) is 6.03. The van der Waals surface area contributed by atoms with Crippen molar-refractivity contribution < 1.29 is 0 Å². The van der Waals surface area contributed by atoms with Crippen LogP contribution in [0.4, 0.5) is 5.82 Å². The fourth-order valence-corrected chi connectivity index (χ4v) is 2.90. The van der Waals surface area contributed by atoms with Gasteiger partial charge in [0.05, 0.1) is 10.6 Å². The first-order chi connectivity index (χ1) is 9.29. The average molecular weight is 273 g/mol. The van der Waals surface area contributed by atoms with Gasteiger partial charge in [0.15, 0.2) is 0 Å². The highest BCUT2D eigenvalue weighted by atomic mass is 32.1.